The first-order valence-corrected chi connectivity index (χ1v) is 17.0. The molecule has 0 bridgehead atoms. The fraction of sp³-hybridized carbons (Fsp3) is 0.556. The summed E-state index contributed by atoms with van der Waals surface area (Å²) < 4.78 is 14.0. The van der Waals surface area contributed by atoms with Crippen LogP contribution >= 0.6 is 11.3 Å². The van der Waals surface area contributed by atoms with E-state index < -0.39 is 0 Å². The molecule has 0 spiro atoms. The van der Waals surface area contributed by atoms with E-state index in [1.807, 2.05) is 42.2 Å². The van der Waals surface area contributed by atoms with E-state index in [4.69, 9.17) is 9.47 Å². The van der Waals surface area contributed by atoms with E-state index in [0.717, 1.165) is 30.0 Å². The highest BCUT2D eigenvalue weighted by Crippen LogP contribution is 2.30. The molecule has 0 radical (unpaired) electrons. The number of carbonyl (C=O) groups is 1. The van der Waals surface area contributed by atoms with Crippen LogP contribution in [0.5, 0.6) is 11.5 Å². The van der Waals surface area contributed by atoms with Gasteiger partial charge in [0.2, 0.25) is 11.4 Å². The maximum absolute atomic E-state index is 13.0. The highest BCUT2D eigenvalue weighted by Gasteiger charge is 2.17. The lowest BCUT2D eigenvalue weighted by atomic mass is 10.1. The number of aromatic nitrogens is 1. The molecular formula is C36H53N2O3S+. The summed E-state index contributed by atoms with van der Waals surface area (Å²) in [5.41, 5.74) is 5.23. The van der Waals surface area contributed by atoms with Gasteiger partial charge in [-0.25, -0.2) is 0 Å². The number of carbonyl (C=O) groups excluding carboxylic acids is 1. The molecule has 5 nitrogen and oxygen atoms in total. The van der Waals surface area contributed by atoms with Crippen molar-refractivity contribution in [1.82, 2.24) is 0 Å². The van der Waals surface area contributed by atoms with Crippen LogP contribution in [-0.2, 0) is 17.9 Å². The van der Waals surface area contributed by atoms with Crippen molar-refractivity contribution in [3.8, 4) is 11.5 Å². The SMILES string of the molecule is CCCCCCCCCCCCCCOc1ccc(CN(C(=O)CC)c2cccc(C[n+]3csc(C)c3)c2)cc1OC. The quantitative estimate of drug-likeness (QED) is 0.0913. The minimum absolute atomic E-state index is 0.0949. The normalized spacial score (nSPS) is 11.0. The van der Waals surface area contributed by atoms with Gasteiger partial charge in [-0.1, -0.05) is 114 Å². The van der Waals surface area contributed by atoms with Gasteiger partial charge < -0.3 is 14.4 Å². The summed E-state index contributed by atoms with van der Waals surface area (Å²) in [6, 6.07) is 14.3. The third kappa shape index (κ3) is 11.8. The van der Waals surface area contributed by atoms with Gasteiger partial charge in [-0.2, -0.15) is 4.57 Å². The van der Waals surface area contributed by atoms with Gasteiger partial charge in [-0.05, 0) is 43.2 Å². The fourth-order valence-corrected chi connectivity index (χ4v) is 5.95. The molecule has 3 aromatic rings. The minimum Gasteiger partial charge on any atom is -0.493 e. The summed E-state index contributed by atoms with van der Waals surface area (Å²) in [4.78, 5) is 16.2. The second-order valence-corrected chi connectivity index (χ2v) is 12.5. The summed E-state index contributed by atoms with van der Waals surface area (Å²) in [6.45, 7) is 8.27. The number of amides is 1. The van der Waals surface area contributed by atoms with E-state index in [9.17, 15) is 4.79 Å². The van der Waals surface area contributed by atoms with E-state index in [0.29, 0.717) is 25.3 Å². The standard InChI is InChI=1S/C36H53N2O3S/c1-5-7-8-9-10-11-12-13-14-15-16-17-23-41-34-22-21-32(25-35(34)40-4)28-38(36(39)6-2)33-20-18-19-31(24-33)27-37-26-30(3)42-29-37/h18-22,24-26,29H,5-17,23,27-28H2,1-4H3/q+1. The second-order valence-electron chi connectivity index (χ2n) is 11.4. The van der Waals surface area contributed by atoms with Crippen LogP contribution in [0.4, 0.5) is 5.69 Å². The predicted octanol–water partition coefficient (Wildman–Crippen LogP) is 9.42. The summed E-state index contributed by atoms with van der Waals surface area (Å²) in [5, 5.41) is 0. The average Bonchev–Trinajstić information content (AvgIpc) is 3.42. The summed E-state index contributed by atoms with van der Waals surface area (Å²) in [6.07, 6.45) is 18.5. The molecule has 0 aliphatic rings. The topological polar surface area (TPSA) is 42.7 Å². The predicted molar refractivity (Wildman–Crippen MR) is 176 cm³/mol. The van der Waals surface area contributed by atoms with Crippen molar-refractivity contribution < 1.29 is 18.8 Å². The highest BCUT2D eigenvalue weighted by atomic mass is 32.1. The number of benzene rings is 2. The Morgan fingerprint density at radius 1 is 0.833 bits per heavy atom. The molecular weight excluding hydrogens is 540 g/mol. The van der Waals surface area contributed by atoms with Gasteiger partial charge >= 0.3 is 0 Å². The molecule has 0 unspecified atom stereocenters. The number of unbranched alkanes of at least 4 members (excludes halogenated alkanes) is 11. The molecule has 0 aliphatic heterocycles. The van der Waals surface area contributed by atoms with Crippen molar-refractivity contribution in [1.29, 1.82) is 0 Å². The second kappa shape index (κ2) is 19.4. The molecule has 0 saturated heterocycles. The number of rotatable bonds is 21. The Kier molecular flexibility index (Phi) is 15.5. The molecule has 1 amide bonds. The molecule has 1 aromatic heterocycles. The number of anilines is 1. The number of methoxy groups -OCH3 is 1. The van der Waals surface area contributed by atoms with Crippen LogP contribution in [0.15, 0.2) is 54.2 Å². The van der Waals surface area contributed by atoms with Crippen molar-refractivity contribution in [3.05, 3.63) is 70.2 Å². The van der Waals surface area contributed by atoms with E-state index in [1.165, 1.54) is 81.1 Å². The van der Waals surface area contributed by atoms with Crippen LogP contribution in [0.3, 0.4) is 0 Å². The molecule has 2 aromatic carbocycles. The van der Waals surface area contributed by atoms with E-state index in [1.54, 1.807) is 18.4 Å². The van der Waals surface area contributed by atoms with Gasteiger partial charge in [-0.15, -0.1) is 0 Å². The number of hydrogen-bond donors (Lipinski definition) is 0. The monoisotopic (exact) mass is 593 g/mol. The van der Waals surface area contributed by atoms with Gasteiger partial charge in [0.15, 0.2) is 24.2 Å². The Bertz CT molecular complexity index is 1190. The lowest BCUT2D eigenvalue weighted by Gasteiger charge is -2.23. The molecule has 0 saturated carbocycles. The summed E-state index contributed by atoms with van der Waals surface area (Å²) >= 11 is 1.74. The molecule has 1 heterocycles. The number of thiazole rings is 1. The molecule has 42 heavy (non-hydrogen) atoms. The smallest absolute Gasteiger partial charge is 0.227 e. The lowest BCUT2D eigenvalue weighted by molar-refractivity contribution is -0.683. The Morgan fingerprint density at radius 2 is 1.52 bits per heavy atom. The van der Waals surface area contributed by atoms with E-state index >= 15 is 0 Å². The summed E-state index contributed by atoms with van der Waals surface area (Å²) in [7, 11) is 1.68. The van der Waals surface area contributed by atoms with Crippen LogP contribution in [0, 0.1) is 6.92 Å². The van der Waals surface area contributed by atoms with Crippen LogP contribution in [-0.4, -0.2) is 19.6 Å². The molecule has 0 fully saturated rings. The third-order valence-corrected chi connectivity index (χ3v) is 8.59. The van der Waals surface area contributed by atoms with Crippen LogP contribution < -0.4 is 18.9 Å². The largest absolute Gasteiger partial charge is 0.493 e. The lowest BCUT2D eigenvalue weighted by Crippen LogP contribution is -2.32. The third-order valence-electron chi connectivity index (χ3n) is 7.74. The molecule has 230 valence electrons. The molecule has 6 heteroatoms. The Morgan fingerprint density at radius 3 is 2.14 bits per heavy atom. The number of hydrogen-bond acceptors (Lipinski definition) is 4. The zero-order chi connectivity index (χ0) is 30.0. The zero-order valence-electron chi connectivity index (χ0n) is 26.5. The van der Waals surface area contributed by atoms with E-state index in [-0.39, 0.29) is 5.91 Å². The Labute approximate surface area is 258 Å². The van der Waals surface area contributed by atoms with Crippen molar-refractivity contribution in [2.24, 2.45) is 0 Å². The summed E-state index contributed by atoms with van der Waals surface area (Å²) in [5.74, 6) is 1.58. The highest BCUT2D eigenvalue weighted by molar-refractivity contribution is 7.09. The van der Waals surface area contributed by atoms with Gasteiger partial charge in [0, 0.05) is 17.7 Å². The van der Waals surface area contributed by atoms with E-state index in [2.05, 4.69) is 42.3 Å². The first-order valence-electron chi connectivity index (χ1n) is 16.2. The average molecular weight is 594 g/mol. The van der Waals surface area contributed by atoms with Gasteiger partial charge in [0.05, 0.1) is 25.1 Å². The van der Waals surface area contributed by atoms with Crippen LogP contribution in [0.2, 0.25) is 0 Å². The van der Waals surface area contributed by atoms with Crippen LogP contribution in [0.1, 0.15) is 113 Å². The number of nitrogens with zero attached hydrogens (tertiary/aromatic N) is 2. The first kappa shape index (κ1) is 33.6. The van der Waals surface area contributed by atoms with Crippen molar-refractivity contribution in [2.45, 2.75) is 117 Å². The van der Waals surface area contributed by atoms with Gasteiger partial charge in [0.1, 0.15) is 0 Å². The van der Waals surface area contributed by atoms with Gasteiger partial charge in [0.25, 0.3) is 0 Å². The molecule has 3 rings (SSSR count). The maximum Gasteiger partial charge on any atom is 0.227 e. The first-order chi connectivity index (χ1) is 20.5. The minimum atomic E-state index is 0.0949. The molecule has 0 N–H and O–H groups in total. The molecule has 0 aliphatic carbocycles. The van der Waals surface area contributed by atoms with Crippen molar-refractivity contribution >= 4 is 22.9 Å². The zero-order valence-corrected chi connectivity index (χ0v) is 27.4. The van der Waals surface area contributed by atoms with Crippen LogP contribution in [0.25, 0.3) is 0 Å². The fourth-order valence-electron chi connectivity index (χ4n) is 5.31. The van der Waals surface area contributed by atoms with Crippen molar-refractivity contribution in [2.75, 3.05) is 18.6 Å². The number of aryl methyl sites for hydroxylation is 1. The number of ether oxygens (including phenoxy) is 2. The Hall–Kier alpha value is -2.86. The van der Waals surface area contributed by atoms with Crippen molar-refractivity contribution in [3.63, 3.8) is 0 Å². The maximum atomic E-state index is 13.0. The van der Waals surface area contributed by atoms with Gasteiger partial charge in [-0.3, -0.25) is 4.79 Å². The Balaban J connectivity index is 1.47. The molecule has 0 atom stereocenters.